The van der Waals surface area contributed by atoms with Gasteiger partial charge in [-0.2, -0.15) is 0 Å². The van der Waals surface area contributed by atoms with E-state index in [1.807, 2.05) is 12.3 Å². The molecule has 0 unspecified atom stereocenters. The van der Waals surface area contributed by atoms with Gasteiger partial charge in [-0.15, -0.1) is 0 Å². The van der Waals surface area contributed by atoms with Crippen molar-refractivity contribution in [3.05, 3.63) is 42.1 Å². The number of hydrogen-bond acceptors (Lipinski definition) is 2. The Kier molecular flexibility index (Phi) is 5.10. The van der Waals surface area contributed by atoms with Crippen LogP contribution in [-0.4, -0.2) is 18.1 Å². The van der Waals surface area contributed by atoms with Crippen LogP contribution in [0.15, 0.2) is 36.5 Å². The van der Waals surface area contributed by atoms with Gasteiger partial charge in [-0.3, -0.25) is 4.98 Å². The Bertz CT molecular complexity index is 645. The van der Waals surface area contributed by atoms with Gasteiger partial charge in [-0.1, -0.05) is 69.4 Å². The maximum Gasteiger partial charge on any atom is 0.0941 e. The third-order valence-corrected chi connectivity index (χ3v) is 4.50. The summed E-state index contributed by atoms with van der Waals surface area (Å²) in [6.07, 6.45) is 14.5. The Balaban J connectivity index is 1.71. The topological polar surface area (TPSA) is 16.1 Å². The van der Waals surface area contributed by atoms with Gasteiger partial charge in [0.05, 0.1) is 11.2 Å². The predicted octanol–water partition coefficient (Wildman–Crippen LogP) is 5.43. The van der Waals surface area contributed by atoms with Crippen LogP contribution in [0.3, 0.4) is 0 Å². The van der Waals surface area contributed by atoms with Crippen LogP contribution in [0.25, 0.3) is 17.0 Å². The van der Waals surface area contributed by atoms with Crippen LogP contribution < -0.4 is 4.90 Å². The van der Waals surface area contributed by atoms with Crippen LogP contribution in [-0.2, 0) is 0 Å². The molecule has 22 heavy (non-hydrogen) atoms. The molecule has 0 N–H and O–H groups in total. The third kappa shape index (κ3) is 3.32. The lowest BCUT2D eigenvalue weighted by Gasteiger charge is -2.29. The van der Waals surface area contributed by atoms with E-state index in [-0.39, 0.29) is 0 Å². The lowest BCUT2D eigenvalue weighted by molar-refractivity contribution is 0.603. The summed E-state index contributed by atoms with van der Waals surface area (Å²) >= 11 is 0. The second-order valence-electron chi connectivity index (χ2n) is 6.19. The first-order valence-electron chi connectivity index (χ1n) is 8.69. The Morgan fingerprint density at radius 3 is 2.82 bits per heavy atom. The van der Waals surface area contributed by atoms with Crippen LogP contribution in [0.2, 0.25) is 0 Å². The molecule has 3 rings (SSSR count). The average Bonchev–Trinajstić information content (AvgIpc) is 2.57. The van der Waals surface area contributed by atoms with Gasteiger partial charge >= 0.3 is 0 Å². The summed E-state index contributed by atoms with van der Waals surface area (Å²) < 4.78 is 0. The number of fused-ring (bicyclic) bond motifs is 3. The fourth-order valence-electron chi connectivity index (χ4n) is 3.30. The van der Waals surface area contributed by atoms with Crippen LogP contribution >= 0.6 is 0 Å². The molecule has 116 valence electrons. The molecular weight excluding hydrogens is 268 g/mol. The quantitative estimate of drug-likeness (QED) is 0.633. The van der Waals surface area contributed by atoms with E-state index in [1.54, 1.807) is 0 Å². The van der Waals surface area contributed by atoms with Gasteiger partial charge in [0.1, 0.15) is 0 Å². The summed E-state index contributed by atoms with van der Waals surface area (Å²) in [4.78, 5) is 7.14. The number of unbranched alkanes of at least 4 members (excludes halogenated alkanes) is 5. The van der Waals surface area contributed by atoms with Crippen molar-refractivity contribution in [2.45, 2.75) is 45.4 Å². The molecule has 2 aromatic rings. The van der Waals surface area contributed by atoms with Crippen molar-refractivity contribution in [1.29, 1.82) is 0 Å². The van der Waals surface area contributed by atoms with E-state index in [9.17, 15) is 0 Å². The molecule has 0 atom stereocenters. The molecule has 0 saturated carbocycles. The first kappa shape index (κ1) is 15.1. The zero-order valence-corrected chi connectivity index (χ0v) is 13.6. The lowest BCUT2D eigenvalue weighted by Crippen LogP contribution is -2.27. The molecule has 2 heterocycles. The Labute approximate surface area is 133 Å². The summed E-state index contributed by atoms with van der Waals surface area (Å²) in [5.74, 6) is 0. The molecule has 1 aliphatic rings. The van der Waals surface area contributed by atoms with E-state index in [1.165, 1.54) is 55.2 Å². The van der Waals surface area contributed by atoms with Gasteiger partial charge in [-0.25, -0.2) is 0 Å². The molecule has 0 bridgehead atoms. The molecule has 0 spiro atoms. The van der Waals surface area contributed by atoms with Crippen molar-refractivity contribution < 1.29 is 0 Å². The number of benzene rings is 1. The molecule has 0 amide bonds. The molecule has 2 nitrogen and oxygen atoms in total. The number of rotatable bonds is 7. The second kappa shape index (κ2) is 7.44. The van der Waals surface area contributed by atoms with Crippen LogP contribution in [0, 0.1) is 0 Å². The first-order valence-corrected chi connectivity index (χ1v) is 8.69. The average molecular weight is 294 g/mol. The number of aromatic nitrogens is 1. The Hall–Kier alpha value is -1.83. The summed E-state index contributed by atoms with van der Waals surface area (Å²) in [6.45, 7) is 4.42. The minimum atomic E-state index is 1.01. The highest BCUT2D eigenvalue weighted by molar-refractivity contribution is 5.96. The smallest absolute Gasteiger partial charge is 0.0941 e. The largest absolute Gasteiger partial charge is 0.366 e. The SMILES string of the molecule is CCCCCCCCN1CC=Cc2ccc3cccnc3c21. The van der Waals surface area contributed by atoms with Gasteiger partial charge in [0.25, 0.3) is 0 Å². The summed E-state index contributed by atoms with van der Waals surface area (Å²) in [6, 6.07) is 8.58. The van der Waals surface area contributed by atoms with Crippen molar-refractivity contribution in [2.75, 3.05) is 18.0 Å². The normalized spacial score (nSPS) is 13.6. The summed E-state index contributed by atoms with van der Waals surface area (Å²) in [7, 11) is 0. The molecule has 0 radical (unpaired) electrons. The number of nitrogens with zero attached hydrogens (tertiary/aromatic N) is 2. The zero-order valence-electron chi connectivity index (χ0n) is 13.6. The summed E-state index contributed by atoms with van der Waals surface area (Å²) in [5.41, 5.74) is 3.79. The van der Waals surface area contributed by atoms with E-state index >= 15 is 0 Å². The van der Waals surface area contributed by atoms with E-state index in [0.29, 0.717) is 0 Å². The predicted molar refractivity (Wildman–Crippen MR) is 96.4 cm³/mol. The molecule has 1 aromatic carbocycles. The minimum Gasteiger partial charge on any atom is -0.366 e. The fraction of sp³-hybridized carbons (Fsp3) is 0.450. The molecule has 2 heteroatoms. The Morgan fingerprint density at radius 1 is 1.05 bits per heavy atom. The maximum absolute atomic E-state index is 4.64. The molecule has 0 fully saturated rings. The van der Waals surface area contributed by atoms with Gasteiger partial charge in [-0.05, 0) is 18.1 Å². The van der Waals surface area contributed by atoms with E-state index < -0.39 is 0 Å². The van der Waals surface area contributed by atoms with Crippen molar-refractivity contribution >= 4 is 22.7 Å². The second-order valence-corrected chi connectivity index (χ2v) is 6.19. The highest BCUT2D eigenvalue weighted by atomic mass is 15.1. The third-order valence-electron chi connectivity index (χ3n) is 4.50. The van der Waals surface area contributed by atoms with Crippen molar-refractivity contribution in [2.24, 2.45) is 0 Å². The molecule has 0 saturated heterocycles. The fourth-order valence-corrected chi connectivity index (χ4v) is 3.30. The van der Waals surface area contributed by atoms with Crippen molar-refractivity contribution in [3.63, 3.8) is 0 Å². The zero-order chi connectivity index (χ0) is 15.2. The van der Waals surface area contributed by atoms with Gasteiger partial charge in [0.15, 0.2) is 0 Å². The van der Waals surface area contributed by atoms with E-state index in [0.717, 1.165) is 18.6 Å². The highest BCUT2D eigenvalue weighted by Gasteiger charge is 2.16. The maximum atomic E-state index is 4.64. The lowest BCUT2D eigenvalue weighted by atomic mass is 10.0. The molecule has 1 aliphatic heterocycles. The molecule has 1 aromatic heterocycles. The van der Waals surface area contributed by atoms with Gasteiger partial charge in [0, 0.05) is 24.7 Å². The minimum absolute atomic E-state index is 1.01. The number of pyridine rings is 1. The molecule has 0 aliphatic carbocycles. The van der Waals surface area contributed by atoms with Gasteiger partial charge in [0.2, 0.25) is 0 Å². The highest BCUT2D eigenvalue weighted by Crippen LogP contribution is 2.33. The van der Waals surface area contributed by atoms with Crippen LogP contribution in [0.1, 0.15) is 51.0 Å². The van der Waals surface area contributed by atoms with Gasteiger partial charge < -0.3 is 4.90 Å². The van der Waals surface area contributed by atoms with Crippen LogP contribution in [0.5, 0.6) is 0 Å². The van der Waals surface area contributed by atoms with Crippen molar-refractivity contribution in [3.8, 4) is 0 Å². The van der Waals surface area contributed by atoms with Crippen molar-refractivity contribution in [1.82, 2.24) is 4.98 Å². The first-order chi connectivity index (χ1) is 10.9. The standard InChI is InChI=1S/C20H26N2/c1-2-3-4-5-6-7-15-22-16-9-11-18-13-12-17-10-8-14-21-19(17)20(18)22/h8-14H,2-7,15-16H2,1H3. The summed E-state index contributed by atoms with van der Waals surface area (Å²) in [5, 5.41) is 1.24. The monoisotopic (exact) mass is 294 g/mol. The van der Waals surface area contributed by atoms with E-state index in [2.05, 4.69) is 47.2 Å². The van der Waals surface area contributed by atoms with Crippen LogP contribution in [0.4, 0.5) is 5.69 Å². The number of anilines is 1. The molecular formula is C20H26N2. The van der Waals surface area contributed by atoms with E-state index in [4.69, 9.17) is 0 Å². The Morgan fingerprint density at radius 2 is 1.91 bits per heavy atom. The number of hydrogen-bond donors (Lipinski definition) is 0.